The molecule has 0 aromatic heterocycles. The van der Waals surface area contributed by atoms with Gasteiger partial charge in [-0.25, -0.2) is 0 Å². The van der Waals surface area contributed by atoms with Crippen LogP contribution < -0.4 is 4.74 Å². The predicted octanol–water partition coefficient (Wildman–Crippen LogP) is 6.51. The van der Waals surface area contributed by atoms with Crippen LogP contribution in [0.4, 0.5) is 0 Å². The minimum absolute atomic E-state index is 0.104. The molecule has 26 heavy (non-hydrogen) atoms. The van der Waals surface area contributed by atoms with Crippen LogP contribution in [-0.2, 0) is 0 Å². The molecule has 0 bridgehead atoms. The summed E-state index contributed by atoms with van der Waals surface area (Å²) in [4.78, 5) is 0. The first-order valence-electron chi connectivity index (χ1n) is 8.90. The molecule has 1 nitrogen and oxygen atoms in total. The molecule has 0 saturated carbocycles. The molecule has 4 aromatic carbocycles. The third-order valence-electron chi connectivity index (χ3n) is 4.97. The maximum absolute atomic E-state index is 6.52. The summed E-state index contributed by atoms with van der Waals surface area (Å²) < 4.78 is 6.52. The van der Waals surface area contributed by atoms with Crippen molar-refractivity contribution < 1.29 is 4.74 Å². The lowest BCUT2D eigenvalue weighted by atomic mass is 9.89. The highest BCUT2D eigenvalue weighted by atomic mass is 16.5. The standard InChI is InChI=1S/C25H18O/c1-3-9-18(10-4-1)22-17-23-21-14-8-7-11-19(21)15-16-24(23)26-25(22)20-12-5-2-6-13-20/h1-17,25H. The molecule has 0 aliphatic carbocycles. The average Bonchev–Trinajstić information content (AvgIpc) is 2.74. The Morgan fingerprint density at radius 2 is 1.31 bits per heavy atom. The van der Waals surface area contributed by atoms with Gasteiger partial charge in [0.15, 0.2) is 0 Å². The number of hydrogen-bond donors (Lipinski definition) is 0. The van der Waals surface area contributed by atoms with E-state index in [9.17, 15) is 0 Å². The number of hydrogen-bond acceptors (Lipinski definition) is 1. The molecular weight excluding hydrogens is 316 g/mol. The fourth-order valence-corrected chi connectivity index (χ4v) is 3.69. The number of fused-ring (bicyclic) bond motifs is 3. The Kier molecular flexibility index (Phi) is 3.57. The molecule has 1 heterocycles. The molecule has 1 unspecified atom stereocenters. The zero-order valence-electron chi connectivity index (χ0n) is 14.3. The zero-order valence-corrected chi connectivity index (χ0v) is 14.3. The first kappa shape index (κ1) is 15.0. The second-order valence-corrected chi connectivity index (χ2v) is 6.57. The van der Waals surface area contributed by atoms with Crippen LogP contribution in [-0.4, -0.2) is 0 Å². The molecule has 5 rings (SSSR count). The highest BCUT2D eigenvalue weighted by Gasteiger charge is 2.26. The summed E-state index contributed by atoms with van der Waals surface area (Å²) in [6.45, 7) is 0. The van der Waals surface area contributed by atoms with E-state index in [-0.39, 0.29) is 6.10 Å². The molecule has 4 aromatic rings. The summed E-state index contributed by atoms with van der Waals surface area (Å²) in [5.41, 5.74) is 4.72. The maximum Gasteiger partial charge on any atom is 0.149 e. The van der Waals surface area contributed by atoms with Crippen molar-refractivity contribution in [3.05, 3.63) is 114 Å². The Morgan fingerprint density at radius 1 is 0.615 bits per heavy atom. The van der Waals surface area contributed by atoms with E-state index in [0.29, 0.717) is 0 Å². The highest BCUT2D eigenvalue weighted by Crippen LogP contribution is 2.44. The Morgan fingerprint density at radius 3 is 2.12 bits per heavy atom. The van der Waals surface area contributed by atoms with Crippen molar-refractivity contribution in [2.24, 2.45) is 0 Å². The summed E-state index contributed by atoms with van der Waals surface area (Å²) in [6.07, 6.45) is 2.20. The van der Waals surface area contributed by atoms with Crippen LogP contribution in [0.2, 0.25) is 0 Å². The van der Waals surface area contributed by atoms with Gasteiger partial charge in [-0.2, -0.15) is 0 Å². The lowest BCUT2D eigenvalue weighted by Crippen LogP contribution is -2.14. The largest absolute Gasteiger partial charge is 0.480 e. The normalized spacial score (nSPS) is 15.8. The molecule has 1 atom stereocenters. The van der Waals surface area contributed by atoms with Gasteiger partial charge < -0.3 is 4.74 Å². The first-order chi connectivity index (χ1) is 12.9. The molecule has 0 saturated heterocycles. The molecule has 0 N–H and O–H groups in total. The van der Waals surface area contributed by atoms with Crippen molar-refractivity contribution >= 4 is 22.4 Å². The number of benzene rings is 4. The van der Waals surface area contributed by atoms with Crippen LogP contribution in [0.25, 0.3) is 22.4 Å². The van der Waals surface area contributed by atoms with Gasteiger partial charge in [-0.3, -0.25) is 0 Å². The van der Waals surface area contributed by atoms with Crippen molar-refractivity contribution in [3.63, 3.8) is 0 Å². The molecular formula is C25H18O. The molecule has 1 aliphatic rings. The van der Waals surface area contributed by atoms with Gasteiger partial charge in [0.2, 0.25) is 0 Å². The Hall–Kier alpha value is -3.32. The number of rotatable bonds is 2. The SMILES string of the molecule is C1=C(c2ccccc2)C(c2ccccc2)Oc2ccc3ccccc3c21. The minimum atomic E-state index is -0.104. The van der Waals surface area contributed by atoms with Gasteiger partial charge in [-0.1, -0.05) is 91.0 Å². The smallest absolute Gasteiger partial charge is 0.149 e. The van der Waals surface area contributed by atoms with Gasteiger partial charge in [-0.05, 0) is 34.0 Å². The average molecular weight is 334 g/mol. The maximum atomic E-state index is 6.52. The van der Waals surface area contributed by atoms with Crippen molar-refractivity contribution in [2.45, 2.75) is 6.10 Å². The predicted molar refractivity (Wildman–Crippen MR) is 108 cm³/mol. The van der Waals surface area contributed by atoms with Crippen LogP contribution in [0.15, 0.2) is 97.1 Å². The van der Waals surface area contributed by atoms with Crippen molar-refractivity contribution in [2.75, 3.05) is 0 Å². The summed E-state index contributed by atoms with van der Waals surface area (Å²) in [6, 6.07) is 33.7. The fraction of sp³-hybridized carbons (Fsp3) is 0.0400. The van der Waals surface area contributed by atoms with Crippen LogP contribution in [0, 0.1) is 0 Å². The van der Waals surface area contributed by atoms with E-state index >= 15 is 0 Å². The monoisotopic (exact) mass is 334 g/mol. The van der Waals surface area contributed by atoms with Gasteiger partial charge >= 0.3 is 0 Å². The molecule has 0 radical (unpaired) electrons. The Bertz CT molecular complexity index is 1090. The van der Waals surface area contributed by atoms with Gasteiger partial charge in [0.25, 0.3) is 0 Å². The summed E-state index contributed by atoms with van der Waals surface area (Å²) in [7, 11) is 0. The van der Waals surface area contributed by atoms with E-state index in [4.69, 9.17) is 4.74 Å². The van der Waals surface area contributed by atoms with Crippen LogP contribution in [0.5, 0.6) is 5.75 Å². The molecule has 0 fully saturated rings. The lowest BCUT2D eigenvalue weighted by Gasteiger charge is -2.29. The summed E-state index contributed by atoms with van der Waals surface area (Å²) >= 11 is 0. The first-order valence-corrected chi connectivity index (χ1v) is 8.90. The number of ether oxygens (including phenoxy) is 1. The van der Waals surface area contributed by atoms with Crippen LogP contribution >= 0.6 is 0 Å². The zero-order chi connectivity index (χ0) is 17.3. The van der Waals surface area contributed by atoms with E-state index in [0.717, 1.165) is 11.3 Å². The van der Waals surface area contributed by atoms with Gasteiger partial charge in [0, 0.05) is 11.1 Å². The van der Waals surface area contributed by atoms with E-state index in [1.807, 2.05) is 6.07 Å². The topological polar surface area (TPSA) is 9.23 Å². The van der Waals surface area contributed by atoms with Crippen molar-refractivity contribution in [1.82, 2.24) is 0 Å². The van der Waals surface area contributed by atoms with Crippen molar-refractivity contribution in [1.29, 1.82) is 0 Å². The lowest BCUT2D eigenvalue weighted by molar-refractivity contribution is 0.261. The molecule has 124 valence electrons. The van der Waals surface area contributed by atoms with E-state index in [1.165, 1.54) is 27.5 Å². The van der Waals surface area contributed by atoms with E-state index < -0.39 is 0 Å². The Labute approximate surface area is 153 Å². The second-order valence-electron chi connectivity index (χ2n) is 6.57. The van der Waals surface area contributed by atoms with Crippen LogP contribution in [0.3, 0.4) is 0 Å². The molecule has 0 amide bonds. The molecule has 0 spiro atoms. The minimum Gasteiger partial charge on any atom is -0.480 e. The van der Waals surface area contributed by atoms with Gasteiger partial charge in [0.05, 0.1) is 0 Å². The van der Waals surface area contributed by atoms with Gasteiger partial charge in [0.1, 0.15) is 11.9 Å². The molecule has 1 aliphatic heterocycles. The quantitative estimate of drug-likeness (QED) is 0.406. The summed E-state index contributed by atoms with van der Waals surface area (Å²) in [5.74, 6) is 0.942. The van der Waals surface area contributed by atoms with Crippen molar-refractivity contribution in [3.8, 4) is 5.75 Å². The fourth-order valence-electron chi connectivity index (χ4n) is 3.69. The Balaban J connectivity index is 1.75. The van der Waals surface area contributed by atoms with Crippen LogP contribution in [0.1, 0.15) is 22.8 Å². The third-order valence-corrected chi connectivity index (χ3v) is 4.97. The van der Waals surface area contributed by atoms with Gasteiger partial charge in [-0.15, -0.1) is 0 Å². The highest BCUT2D eigenvalue weighted by molar-refractivity contribution is 5.99. The van der Waals surface area contributed by atoms with E-state index in [1.54, 1.807) is 0 Å². The molecule has 1 heteroatoms. The second kappa shape index (κ2) is 6.20. The third kappa shape index (κ3) is 2.49. The van der Waals surface area contributed by atoms with E-state index in [2.05, 4.69) is 97.1 Å². The summed E-state index contributed by atoms with van der Waals surface area (Å²) in [5, 5.41) is 2.46.